The minimum absolute atomic E-state index is 0.0442. The molecule has 0 saturated heterocycles. The third-order valence-corrected chi connectivity index (χ3v) is 3.39. The van der Waals surface area contributed by atoms with Gasteiger partial charge in [-0.3, -0.25) is 14.6 Å². The summed E-state index contributed by atoms with van der Waals surface area (Å²) in [5.41, 5.74) is 1.66. The molecule has 130 valence electrons. The molecule has 0 aliphatic rings. The van der Waals surface area contributed by atoms with Crippen molar-refractivity contribution in [1.82, 2.24) is 15.3 Å². The Labute approximate surface area is 149 Å². The topological polar surface area (TPSA) is 97.1 Å². The molecule has 0 spiro atoms. The van der Waals surface area contributed by atoms with Crippen LogP contribution in [0.1, 0.15) is 21.7 Å². The van der Waals surface area contributed by atoms with E-state index in [-0.39, 0.29) is 11.5 Å². The highest BCUT2D eigenvalue weighted by molar-refractivity contribution is 6.09. The van der Waals surface area contributed by atoms with Crippen molar-refractivity contribution in [3.63, 3.8) is 0 Å². The summed E-state index contributed by atoms with van der Waals surface area (Å²) in [6.45, 7) is 1.89. The van der Waals surface area contributed by atoms with Gasteiger partial charge in [0.2, 0.25) is 0 Å². The minimum atomic E-state index is -0.530. The molecule has 2 N–H and O–H groups in total. The summed E-state index contributed by atoms with van der Waals surface area (Å²) in [5.74, 6) is -0.549. The van der Waals surface area contributed by atoms with Crippen molar-refractivity contribution in [2.45, 2.75) is 6.92 Å². The summed E-state index contributed by atoms with van der Waals surface area (Å²) in [6.07, 6.45) is 7.71. The molecule has 3 rings (SSSR count). The third kappa shape index (κ3) is 4.41. The molecule has 26 heavy (non-hydrogen) atoms. The van der Waals surface area contributed by atoms with Gasteiger partial charge in [-0.25, -0.2) is 4.98 Å². The van der Waals surface area contributed by atoms with E-state index in [0.29, 0.717) is 11.4 Å². The average Bonchev–Trinajstić information content (AvgIpc) is 3.17. The second-order valence-electron chi connectivity index (χ2n) is 5.45. The summed E-state index contributed by atoms with van der Waals surface area (Å²) in [7, 11) is 0. The van der Waals surface area contributed by atoms with Crippen LogP contribution < -0.4 is 10.6 Å². The van der Waals surface area contributed by atoms with Crippen molar-refractivity contribution in [3.8, 4) is 0 Å². The highest BCUT2D eigenvalue weighted by atomic mass is 16.3. The van der Waals surface area contributed by atoms with Crippen LogP contribution in [0, 0.1) is 6.92 Å². The zero-order chi connectivity index (χ0) is 18.4. The standard InChI is InChI=1S/C19H16N4O3/c1-13-6-8-21-17(10-13)23-18(24)15(11-14-4-2-7-20-12-14)22-19(25)16-5-3-9-26-16/h2-12H,1H3,(H,22,25)(H,21,23,24). The van der Waals surface area contributed by atoms with Crippen molar-refractivity contribution in [2.75, 3.05) is 5.32 Å². The van der Waals surface area contributed by atoms with Crippen molar-refractivity contribution in [3.05, 3.63) is 83.8 Å². The molecule has 0 fully saturated rings. The van der Waals surface area contributed by atoms with Gasteiger partial charge in [-0.2, -0.15) is 0 Å². The SMILES string of the molecule is Cc1ccnc(NC(=O)C(=Cc2cccnc2)NC(=O)c2ccco2)c1. The van der Waals surface area contributed by atoms with Gasteiger partial charge in [0.25, 0.3) is 11.8 Å². The summed E-state index contributed by atoms with van der Waals surface area (Å²) in [4.78, 5) is 33.0. The first-order valence-electron chi connectivity index (χ1n) is 7.82. The molecule has 3 aromatic heterocycles. The fourth-order valence-corrected chi connectivity index (χ4v) is 2.17. The molecule has 7 nitrogen and oxygen atoms in total. The number of amides is 2. The van der Waals surface area contributed by atoms with Gasteiger partial charge in [-0.05, 0) is 54.5 Å². The van der Waals surface area contributed by atoms with Crippen LogP contribution in [0.3, 0.4) is 0 Å². The largest absolute Gasteiger partial charge is 0.459 e. The first-order valence-corrected chi connectivity index (χ1v) is 7.82. The number of rotatable bonds is 5. The number of carbonyl (C=O) groups excluding carboxylic acids is 2. The zero-order valence-corrected chi connectivity index (χ0v) is 14.0. The van der Waals surface area contributed by atoms with Gasteiger partial charge in [0.1, 0.15) is 11.5 Å². The Morgan fingerprint density at radius 3 is 2.73 bits per heavy atom. The molecule has 0 bridgehead atoms. The van der Waals surface area contributed by atoms with Gasteiger partial charge >= 0.3 is 0 Å². The lowest BCUT2D eigenvalue weighted by Gasteiger charge is -2.10. The first kappa shape index (κ1) is 17.1. The smallest absolute Gasteiger partial charge is 0.291 e. The molecule has 7 heteroatoms. The second kappa shape index (κ2) is 7.89. The molecule has 0 atom stereocenters. The highest BCUT2D eigenvalue weighted by Crippen LogP contribution is 2.10. The maximum Gasteiger partial charge on any atom is 0.291 e. The van der Waals surface area contributed by atoms with E-state index < -0.39 is 11.8 Å². The van der Waals surface area contributed by atoms with Crippen molar-refractivity contribution in [1.29, 1.82) is 0 Å². The molecule has 0 saturated carbocycles. The predicted octanol–water partition coefficient (Wildman–Crippen LogP) is 2.79. The van der Waals surface area contributed by atoms with Crippen LogP contribution in [-0.4, -0.2) is 21.8 Å². The molecule has 0 radical (unpaired) electrons. The molecule has 0 unspecified atom stereocenters. The molecule has 2 amide bonds. The van der Waals surface area contributed by atoms with E-state index >= 15 is 0 Å². The first-order chi connectivity index (χ1) is 12.6. The molecule has 3 heterocycles. The van der Waals surface area contributed by atoms with Crippen molar-refractivity contribution >= 4 is 23.7 Å². The van der Waals surface area contributed by atoms with Crippen LogP contribution in [0.2, 0.25) is 0 Å². The van der Waals surface area contributed by atoms with E-state index in [2.05, 4.69) is 20.6 Å². The Morgan fingerprint density at radius 1 is 1.15 bits per heavy atom. The summed E-state index contributed by atoms with van der Waals surface area (Å²) >= 11 is 0. The molecular formula is C19H16N4O3. The number of hydrogen-bond donors (Lipinski definition) is 2. The quantitative estimate of drug-likeness (QED) is 0.691. The van der Waals surface area contributed by atoms with E-state index in [1.54, 1.807) is 42.9 Å². The van der Waals surface area contributed by atoms with Gasteiger partial charge in [0, 0.05) is 18.6 Å². The van der Waals surface area contributed by atoms with Crippen molar-refractivity contribution in [2.24, 2.45) is 0 Å². The van der Waals surface area contributed by atoms with E-state index in [1.807, 2.05) is 13.0 Å². The highest BCUT2D eigenvalue weighted by Gasteiger charge is 2.17. The van der Waals surface area contributed by atoms with Crippen LogP contribution in [0.5, 0.6) is 0 Å². The Morgan fingerprint density at radius 2 is 2.04 bits per heavy atom. The lowest BCUT2D eigenvalue weighted by Crippen LogP contribution is -2.30. The van der Waals surface area contributed by atoms with Crippen LogP contribution in [0.15, 0.2) is 71.4 Å². The van der Waals surface area contributed by atoms with Gasteiger partial charge in [-0.1, -0.05) is 6.07 Å². The van der Waals surface area contributed by atoms with Crippen LogP contribution in [0.25, 0.3) is 6.08 Å². The van der Waals surface area contributed by atoms with Crippen LogP contribution >= 0.6 is 0 Å². The minimum Gasteiger partial charge on any atom is -0.459 e. The summed E-state index contributed by atoms with van der Waals surface area (Å²) in [6, 6.07) is 10.2. The summed E-state index contributed by atoms with van der Waals surface area (Å²) < 4.78 is 5.06. The number of aromatic nitrogens is 2. The fourth-order valence-electron chi connectivity index (χ4n) is 2.17. The fraction of sp³-hybridized carbons (Fsp3) is 0.0526. The number of nitrogens with one attached hydrogen (secondary N) is 2. The zero-order valence-electron chi connectivity index (χ0n) is 14.0. The third-order valence-electron chi connectivity index (χ3n) is 3.39. The summed E-state index contributed by atoms with van der Waals surface area (Å²) in [5, 5.41) is 5.23. The molecule has 0 aliphatic heterocycles. The molecule has 0 aromatic carbocycles. The lowest BCUT2D eigenvalue weighted by atomic mass is 10.2. The number of furan rings is 1. The maximum atomic E-state index is 12.6. The number of pyridine rings is 2. The van der Waals surface area contributed by atoms with Gasteiger partial charge in [0.15, 0.2) is 5.76 Å². The Balaban J connectivity index is 1.85. The van der Waals surface area contributed by atoms with Gasteiger partial charge in [0.05, 0.1) is 6.26 Å². The Bertz CT molecular complexity index is 934. The van der Waals surface area contributed by atoms with E-state index in [4.69, 9.17) is 4.42 Å². The Kier molecular flexibility index (Phi) is 5.19. The van der Waals surface area contributed by atoms with Gasteiger partial charge < -0.3 is 15.1 Å². The number of carbonyl (C=O) groups is 2. The lowest BCUT2D eigenvalue weighted by molar-refractivity contribution is -0.113. The van der Waals surface area contributed by atoms with E-state index in [0.717, 1.165) is 5.56 Å². The maximum absolute atomic E-state index is 12.6. The van der Waals surface area contributed by atoms with E-state index in [9.17, 15) is 9.59 Å². The van der Waals surface area contributed by atoms with Gasteiger partial charge in [-0.15, -0.1) is 0 Å². The second-order valence-corrected chi connectivity index (χ2v) is 5.45. The molecule has 3 aromatic rings. The van der Waals surface area contributed by atoms with Crippen molar-refractivity contribution < 1.29 is 14.0 Å². The number of nitrogens with zero attached hydrogens (tertiary/aromatic N) is 2. The predicted molar refractivity (Wildman–Crippen MR) is 96.0 cm³/mol. The molecular weight excluding hydrogens is 332 g/mol. The van der Waals surface area contributed by atoms with Crippen LogP contribution in [0.4, 0.5) is 5.82 Å². The number of aryl methyl sites for hydroxylation is 1. The molecule has 0 aliphatic carbocycles. The normalized spacial score (nSPS) is 11.0. The van der Waals surface area contributed by atoms with E-state index in [1.165, 1.54) is 18.4 Å². The average molecular weight is 348 g/mol. The monoisotopic (exact) mass is 348 g/mol. The van der Waals surface area contributed by atoms with Crippen LogP contribution in [-0.2, 0) is 4.79 Å². The Hall–Kier alpha value is -3.74. The number of anilines is 1. The number of hydrogen-bond acceptors (Lipinski definition) is 5.